The maximum Gasteiger partial charge on any atom is 0.350 e. The number of nitrogens with zero attached hydrogens (tertiary/aromatic N) is 2. The van der Waals surface area contributed by atoms with Crippen molar-refractivity contribution < 1.29 is 29.0 Å². The van der Waals surface area contributed by atoms with Crippen molar-refractivity contribution in [3.63, 3.8) is 0 Å². The second-order valence-electron chi connectivity index (χ2n) is 8.36. The van der Waals surface area contributed by atoms with Crippen molar-refractivity contribution in [2.75, 3.05) is 18.6 Å². The number of aliphatic hydroxyl groups excluding tert-OH is 1. The van der Waals surface area contributed by atoms with Crippen molar-refractivity contribution in [1.82, 2.24) is 4.98 Å². The van der Waals surface area contributed by atoms with Gasteiger partial charge in [0.1, 0.15) is 16.4 Å². The lowest BCUT2D eigenvalue weighted by Crippen LogP contribution is -2.29. The zero-order chi connectivity index (χ0) is 26.7. The summed E-state index contributed by atoms with van der Waals surface area (Å²) in [5, 5.41) is 11.5. The number of carbonyl (C=O) groups is 3. The number of ether oxygens (including phenoxy) is 2. The van der Waals surface area contributed by atoms with Gasteiger partial charge >= 0.3 is 11.9 Å². The van der Waals surface area contributed by atoms with Crippen LogP contribution in [0.3, 0.4) is 0 Å². The fourth-order valence-corrected chi connectivity index (χ4v) is 5.44. The Hall–Kier alpha value is -3.50. The van der Waals surface area contributed by atoms with Crippen LogP contribution in [0.5, 0.6) is 5.75 Å². The Morgan fingerprint density at radius 3 is 2.65 bits per heavy atom. The first kappa shape index (κ1) is 26.6. The number of aromatic nitrogens is 1. The quantitative estimate of drug-likeness (QED) is 0.117. The lowest BCUT2D eigenvalue weighted by atomic mass is 9.95. The van der Waals surface area contributed by atoms with Gasteiger partial charge in [0.25, 0.3) is 5.78 Å². The Labute approximate surface area is 226 Å². The fourth-order valence-electron chi connectivity index (χ4n) is 4.01. The van der Waals surface area contributed by atoms with E-state index >= 15 is 0 Å². The number of methoxy groups -OCH3 is 1. The number of ketones is 1. The van der Waals surface area contributed by atoms with E-state index in [0.29, 0.717) is 29.2 Å². The smallest absolute Gasteiger partial charge is 0.350 e. The van der Waals surface area contributed by atoms with Crippen LogP contribution < -0.4 is 9.64 Å². The first-order valence-corrected chi connectivity index (χ1v) is 13.2. The third kappa shape index (κ3) is 5.30. The molecule has 8 nitrogen and oxygen atoms in total. The molecule has 1 aliphatic rings. The number of Topliss-reactive ketones (excluding diaryl/α,β-unsaturated/α-hetero) is 1. The topological polar surface area (TPSA) is 106 Å². The third-order valence-electron chi connectivity index (χ3n) is 5.85. The summed E-state index contributed by atoms with van der Waals surface area (Å²) in [6, 6.07) is 12.9. The molecule has 0 radical (unpaired) electrons. The van der Waals surface area contributed by atoms with E-state index in [1.54, 1.807) is 49.4 Å². The Bertz CT molecular complexity index is 1400. The van der Waals surface area contributed by atoms with Gasteiger partial charge in [-0.25, -0.2) is 9.78 Å². The number of halogens is 1. The molecular weight excluding hydrogens is 560 g/mol. The van der Waals surface area contributed by atoms with Crippen LogP contribution in [0.4, 0.5) is 5.13 Å². The standard InChI is InChI=1S/C27H25BrN2O6S/c1-4-5-12-36-19-11-7-9-17(14-19)22(31)20-21(16-8-6-10-18(28)13-16)30(25(33)23(20)32)27-29-15(2)24(37-27)26(34)35-3/h6-11,13-14,21,31H,4-5,12H2,1-3H3/b22-20+. The van der Waals surface area contributed by atoms with Gasteiger partial charge in [0.05, 0.1) is 31.0 Å². The first-order chi connectivity index (χ1) is 17.8. The number of hydrogen-bond acceptors (Lipinski definition) is 8. The van der Waals surface area contributed by atoms with E-state index in [4.69, 9.17) is 9.47 Å². The molecule has 0 saturated carbocycles. The minimum atomic E-state index is -0.974. The minimum absolute atomic E-state index is 0.0821. The average Bonchev–Trinajstić information content (AvgIpc) is 3.40. The lowest BCUT2D eigenvalue weighted by molar-refractivity contribution is -0.132. The van der Waals surface area contributed by atoms with Crippen LogP contribution in [0, 0.1) is 6.92 Å². The maximum atomic E-state index is 13.4. The highest BCUT2D eigenvalue weighted by atomic mass is 79.9. The Balaban J connectivity index is 1.86. The molecule has 192 valence electrons. The summed E-state index contributed by atoms with van der Waals surface area (Å²) in [6.45, 7) is 4.21. The van der Waals surface area contributed by atoms with Crippen molar-refractivity contribution in [1.29, 1.82) is 0 Å². The van der Waals surface area contributed by atoms with Crippen LogP contribution in [0.1, 0.15) is 52.3 Å². The number of esters is 1. The number of unbranched alkanes of at least 4 members (excludes halogenated alkanes) is 1. The number of carbonyl (C=O) groups excluding carboxylic acids is 3. The molecule has 2 heterocycles. The molecule has 1 unspecified atom stereocenters. The number of thiazole rings is 1. The summed E-state index contributed by atoms with van der Waals surface area (Å²) in [5.41, 5.74) is 1.22. The SMILES string of the molecule is CCCCOc1cccc(/C(O)=C2\C(=O)C(=O)N(c3nc(C)c(C(=O)OC)s3)C2c2cccc(Br)c2)c1. The largest absolute Gasteiger partial charge is 0.507 e. The molecule has 4 rings (SSSR count). The van der Waals surface area contributed by atoms with Gasteiger partial charge in [-0.3, -0.25) is 14.5 Å². The molecular formula is C27H25BrN2O6S. The normalized spacial score (nSPS) is 16.8. The van der Waals surface area contributed by atoms with Crippen molar-refractivity contribution in [3.05, 3.63) is 80.3 Å². The molecule has 0 spiro atoms. The summed E-state index contributed by atoms with van der Waals surface area (Å²) in [4.78, 5) is 44.8. The summed E-state index contributed by atoms with van der Waals surface area (Å²) in [5.74, 6) is -2.08. The molecule has 37 heavy (non-hydrogen) atoms. The van der Waals surface area contributed by atoms with E-state index in [2.05, 4.69) is 27.8 Å². The first-order valence-electron chi connectivity index (χ1n) is 11.6. The minimum Gasteiger partial charge on any atom is -0.507 e. The highest BCUT2D eigenvalue weighted by Crippen LogP contribution is 2.44. The summed E-state index contributed by atoms with van der Waals surface area (Å²) in [6.07, 6.45) is 1.86. The van der Waals surface area contributed by atoms with E-state index in [1.807, 2.05) is 6.07 Å². The van der Waals surface area contributed by atoms with Gasteiger partial charge in [0.2, 0.25) is 0 Å². The van der Waals surface area contributed by atoms with Gasteiger partial charge in [-0.15, -0.1) is 0 Å². The van der Waals surface area contributed by atoms with E-state index in [0.717, 1.165) is 28.7 Å². The number of amides is 1. The molecule has 10 heteroatoms. The number of aliphatic hydroxyl groups is 1. The van der Waals surface area contributed by atoms with Gasteiger partial charge in [0.15, 0.2) is 5.13 Å². The van der Waals surface area contributed by atoms with Crippen LogP contribution in [-0.4, -0.2) is 41.5 Å². The van der Waals surface area contributed by atoms with Crippen LogP contribution in [0.25, 0.3) is 5.76 Å². The molecule has 1 amide bonds. The highest BCUT2D eigenvalue weighted by Gasteiger charge is 2.48. The van der Waals surface area contributed by atoms with E-state index in [1.165, 1.54) is 12.0 Å². The third-order valence-corrected chi connectivity index (χ3v) is 7.48. The van der Waals surface area contributed by atoms with Crippen LogP contribution in [0.2, 0.25) is 0 Å². The molecule has 0 aliphatic carbocycles. The molecule has 1 fully saturated rings. The van der Waals surface area contributed by atoms with Crippen LogP contribution in [0.15, 0.2) is 58.6 Å². The maximum absolute atomic E-state index is 13.4. The van der Waals surface area contributed by atoms with Crippen LogP contribution in [-0.2, 0) is 14.3 Å². The summed E-state index contributed by atoms with van der Waals surface area (Å²) in [7, 11) is 1.26. The molecule has 3 aromatic rings. The number of benzene rings is 2. The van der Waals surface area contributed by atoms with Crippen molar-refractivity contribution in [3.8, 4) is 5.75 Å². The molecule has 1 saturated heterocycles. The molecule has 1 N–H and O–H groups in total. The van der Waals surface area contributed by atoms with Gasteiger partial charge in [0, 0.05) is 10.0 Å². The van der Waals surface area contributed by atoms with Crippen LogP contribution >= 0.6 is 27.3 Å². The Morgan fingerprint density at radius 1 is 1.19 bits per heavy atom. The second kappa shape index (κ2) is 11.3. The van der Waals surface area contributed by atoms with E-state index in [-0.39, 0.29) is 21.3 Å². The van der Waals surface area contributed by atoms with E-state index < -0.39 is 23.7 Å². The monoisotopic (exact) mass is 584 g/mol. The number of anilines is 1. The van der Waals surface area contributed by atoms with Crippen molar-refractivity contribution in [2.45, 2.75) is 32.7 Å². The molecule has 1 atom stereocenters. The zero-order valence-electron chi connectivity index (χ0n) is 20.5. The lowest BCUT2D eigenvalue weighted by Gasteiger charge is -2.23. The summed E-state index contributed by atoms with van der Waals surface area (Å²) >= 11 is 4.40. The molecule has 1 aliphatic heterocycles. The Kier molecular flexibility index (Phi) is 8.09. The average molecular weight is 585 g/mol. The molecule has 2 aromatic carbocycles. The van der Waals surface area contributed by atoms with Crippen molar-refractivity contribution >= 4 is 55.8 Å². The van der Waals surface area contributed by atoms with Gasteiger partial charge in [-0.05, 0) is 43.2 Å². The highest BCUT2D eigenvalue weighted by molar-refractivity contribution is 9.10. The van der Waals surface area contributed by atoms with Crippen molar-refractivity contribution in [2.24, 2.45) is 0 Å². The van der Waals surface area contributed by atoms with Gasteiger partial charge < -0.3 is 14.6 Å². The number of aryl methyl sites for hydroxylation is 1. The predicted molar refractivity (Wildman–Crippen MR) is 144 cm³/mol. The molecule has 1 aromatic heterocycles. The Morgan fingerprint density at radius 2 is 1.95 bits per heavy atom. The van der Waals surface area contributed by atoms with Gasteiger partial charge in [-0.1, -0.05) is 64.9 Å². The molecule has 0 bridgehead atoms. The summed E-state index contributed by atoms with van der Waals surface area (Å²) < 4.78 is 11.3. The van der Waals surface area contributed by atoms with Gasteiger partial charge in [-0.2, -0.15) is 0 Å². The zero-order valence-corrected chi connectivity index (χ0v) is 22.9. The fraction of sp³-hybridized carbons (Fsp3) is 0.259. The van der Waals surface area contributed by atoms with E-state index in [9.17, 15) is 19.5 Å². The number of rotatable bonds is 8. The second-order valence-corrected chi connectivity index (χ2v) is 10.2. The predicted octanol–water partition coefficient (Wildman–Crippen LogP) is 5.81. The number of hydrogen-bond donors (Lipinski definition) is 1.